The molecule has 1 aromatic heterocycles. The monoisotopic (exact) mass is 453 g/mol. The van der Waals surface area contributed by atoms with Crippen LogP contribution in [0.3, 0.4) is 0 Å². The van der Waals surface area contributed by atoms with Crippen molar-refractivity contribution < 1.29 is 13.2 Å². The smallest absolute Gasteiger partial charge is 0.285 e. The standard InChI is InChI=1S/C23H27N5O3S/c29-23(28-15-13-26(14-16-28)17-18-5-9-24-10-6-18)19-7-11-27(12-8-19)22-20-3-1-2-4-21(20)32(30,31)25-22/h1-6,9-10,19H,7-8,11-17H2. The summed E-state index contributed by atoms with van der Waals surface area (Å²) in [6.07, 6.45) is 5.06. The van der Waals surface area contributed by atoms with Gasteiger partial charge in [0.15, 0.2) is 5.84 Å². The number of nitrogens with zero attached hydrogens (tertiary/aromatic N) is 5. The fourth-order valence-electron chi connectivity index (χ4n) is 4.79. The van der Waals surface area contributed by atoms with Crippen LogP contribution in [-0.4, -0.2) is 79.1 Å². The van der Waals surface area contributed by atoms with Gasteiger partial charge in [-0.25, -0.2) is 0 Å². The van der Waals surface area contributed by atoms with Crippen molar-refractivity contribution in [2.75, 3.05) is 39.3 Å². The molecule has 0 spiro atoms. The Bertz CT molecular complexity index is 1120. The van der Waals surface area contributed by atoms with Crippen molar-refractivity contribution in [1.82, 2.24) is 19.7 Å². The van der Waals surface area contributed by atoms with Crippen LogP contribution in [0, 0.1) is 5.92 Å². The molecule has 2 fully saturated rings. The van der Waals surface area contributed by atoms with E-state index < -0.39 is 10.0 Å². The molecule has 0 radical (unpaired) electrons. The highest BCUT2D eigenvalue weighted by molar-refractivity contribution is 7.90. The Balaban J connectivity index is 1.15. The second kappa shape index (κ2) is 8.63. The van der Waals surface area contributed by atoms with Crippen molar-refractivity contribution in [2.45, 2.75) is 24.3 Å². The Morgan fingerprint density at radius 3 is 2.34 bits per heavy atom. The quantitative estimate of drug-likeness (QED) is 0.702. The zero-order valence-corrected chi connectivity index (χ0v) is 18.7. The van der Waals surface area contributed by atoms with Crippen LogP contribution in [0.1, 0.15) is 24.0 Å². The van der Waals surface area contributed by atoms with Gasteiger partial charge in [-0.2, -0.15) is 8.42 Å². The van der Waals surface area contributed by atoms with Crippen LogP contribution in [-0.2, 0) is 21.4 Å². The zero-order valence-electron chi connectivity index (χ0n) is 17.9. The Morgan fingerprint density at radius 2 is 1.62 bits per heavy atom. The summed E-state index contributed by atoms with van der Waals surface area (Å²) < 4.78 is 28.7. The van der Waals surface area contributed by atoms with Crippen molar-refractivity contribution >= 4 is 21.8 Å². The maximum Gasteiger partial charge on any atom is 0.285 e. The summed E-state index contributed by atoms with van der Waals surface area (Å²) in [5.74, 6) is 0.748. The number of carbonyl (C=O) groups excluding carboxylic acids is 1. The Kier molecular flexibility index (Phi) is 5.69. The number of amidine groups is 1. The van der Waals surface area contributed by atoms with Gasteiger partial charge in [0.25, 0.3) is 10.0 Å². The lowest BCUT2D eigenvalue weighted by molar-refractivity contribution is -0.138. The molecule has 2 saturated heterocycles. The fourth-order valence-corrected chi connectivity index (χ4v) is 6.01. The molecule has 3 aliphatic rings. The van der Waals surface area contributed by atoms with E-state index in [1.807, 2.05) is 40.4 Å². The second-order valence-corrected chi connectivity index (χ2v) is 10.2. The summed E-state index contributed by atoms with van der Waals surface area (Å²) in [6, 6.07) is 11.0. The highest BCUT2D eigenvalue weighted by Crippen LogP contribution is 2.30. The maximum atomic E-state index is 13.1. The number of sulfonamides is 1. The summed E-state index contributed by atoms with van der Waals surface area (Å²) >= 11 is 0. The zero-order chi connectivity index (χ0) is 22.1. The number of aromatic nitrogens is 1. The largest absolute Gasteiger partial charge is 0.355 e. The molecule has 1 aromatic carbocycles. The van der Waals surface area contributed by atoms with E-state index in [9.17, 15) is 13.2 Å². The molecule has 2 aromatic rings. The normalized spacial score (nSPS) is 21.3. The summed E-state index contributed by atoms with van der Waals surface area (Å²) in [5, 5.41) is 0. The number of piperidine rings is 1. The average Bonchev–Trinajstić information content (AvgIpc) is 3.11. The fraction of sp³-hybridized carbons (Fsp3) is 0.435. The summed E-state index contributed by atoms with van der Waals surface area (Å²) in [7, 11) is -3.62. The number of pyridine rings is 1. The van der Waals surface area contributed by atoms with E-state index in [4.69, 9.17) is 0 Å². The third-order valence-corrected chi connectivity index (χ3v) is 7.92. The number of benzene rings is 1. The van der Waals surface area contributed by atoms with Gasteiger partial charge in [0, 0.05) is 69.7 Å². The predicted molar refractivity (Wildman–Crippen MR) is 121 cm³/mol. The maximum absolute atomic E-state index is 13.1. The Hall–Kier alpha value is -2.78. The lowest BCUT2D eigenvalue weighted by Gasteiger charge is -2.39. The number of hydrogen-bond acceptors (Lipinski definition) is 6. The van der Waals surface area contributed by atoms with Gasteiger partial charge in [-0.05, 0) is 42.7 Å². The van der Waals surface area contributed by atoms with E-state index in [1.54, 1.807) is 18.2 Å². The van der Waals surface area contributed by atoms with Gasteiger partial charge >= 0.3 is 0 Å². The molecule has 1 amide bonds. The minimum Gasteiger partial charge on any atom is -0.355 e. The van der Waals surface area contributed by atoms with Gasteiger partial charge in [0.2, 0.25) is 5.91 Å². The molecule has 5 rings (SSSR count). The average molecular weight is 454 g/mol. The lowest BCUT2D eigenvalue weighted by atomic mass is 9.94. The number of piperazine rings is 1. The van der Waals surface area contributed by atoms with Crippen molar-refractivity contribution in [3.63, 3.8) is 0 Å². The van der Waals surface area contributed by atoms with Crippen molar-refractivity contribution in [2.24, 2.45) is 10.3 Å². The summed E-state index contributed by atoms with van der Waals surface area (Å²) in [6.45, 7) is 5.42. The lowest BCUT2D eigenvalue weighted by Crippen LogP contribution is -2.51. The van der Waals surface area contributed by atoms with Crippen LogP contribution < -0.4 is 0 Å². The van der Waals surface area contributed by atoms with Crippen LogP contribution in [0.5, 0.6) is 0 Å². The van der Waals surface area contributed by atoms with E-state index >= 15 is 0 Å². The van der Waals surface area contributed by atoms with Crippen LogP contribution in [0.25, 0.3) is 0 Å². The molecule has 32 heavy (non-hydrogen) atoms. The third kappa shape index (κ3) is 4.14. The number of rotatable bonds is 3. The molecule has 0 saturated carbocycles. The minimum absolute atomic E-state index is 0.00754. The highest BCUT2D eigenvalue weighted by atomic mass is 32.2. The molecule has 0 unspecified atom stereocenters. The minimum atomic E-state index is -3.62. The van der Waals surface area contributed by atoms with Gasteiger partial charge in [-0.15, -0.1) is 4.40 Å². The molecule has 0 atom stereocenters. The van der Waals surface area contributed by atoms with Crippen molar-refractivity contribution in [3.05, 3.63) is 59.9 Å². The molecule has 0 bridgehead atoms. The van der Waals surface area contributed by atoms with Gasteiger partial charge in [-0.1, -0.05) is 12.1 Å². The van der Waals surface area contributed by atoms with Crippen LogP contribution in [0.15, 0.2) is 58.1 Å². The van der Waals surface area contributed by atoms with E-state index in [-0.39, 0.29) is 16.7 Å². The molecule has 0 N–H and O–H groups in total. The van der Waals surface area contributed by atoms with E-state index in [0.717, 1.165) is 45.6 Å². The molecular formula is C23H27N5O3S. The molecule has 4 heterocycles. The van der Waals surface area contributed by atoms with Crippen molar-refractivity contribution in [3.8, 4) is 0 Å². The van der Waals surface area contributed by atoms with Crippen LogP contribution >= 0.6 is 0 Å². The topological polar surface area (TPSA) is 86.2 Å². The first-order chi connectivity index (χ1) is 15.5. The van der Waals surface area contributed by atoms with Crippen LogP contribution in [0.2, 0.25) is 0 Å². The molecule has 168 valence electrons. The molecular weight excluding hydrogens is 426 g/mol. The van der Waals surface area contributed by atoms with Gasteiger partial charge in [0.05, 0.1) is 0 Å². The number of likely N-dealkylation sites (tertiary alicyclic amines) is 1. The Morgan fingerprint density at radius 1 is 0.938 bits per heavy atom. The van der Waals surface area contributed by atoms with Crippen LogP contribution in [0.4, 0.5) is 0 Å². The van der Waals surface area contributed by atoms with E-state index in [0.29, 0.717) is 24.5 Å². The van der Waals surface area contributed by atoms with Gasteiger partial charge in [0.1, 0.15) is 4.90 Å². The molecule has 8 nitrogen and oxygen atoms in total. The van der Waals surface area contributed by atoms with Crippen molar-refractivity contribution in [1.29, 1.82) is 0 Å². The number of hydrogen-bond donors (Lipinski definition) is 0. The SMILES string of the molecule is O=C(C1CCN(C2=NS(=O)(=O)c3ccccc32)CC1)N1CCN(Cc2ccncc2)CC1. The van der Waals surface area contributed by atoms with E-state index in [1.165, 1.54) is 5.56 Å². The van der Waals surface area contributed by atoms with E-state index in [2.05, 4.69) is 14.3 Å². The summed E-state index contributed by atoms with van der Waals surface area (Å²) in [4.78, 5) is 23.8. The highest BCUT2D eigenvalue weighted by Gasteiger charge is 2.35. The third-order valence-electron chi connectivity index (χ3n) is 6.60. The number of fused-ring (bicyclic) bond motifs is 1. The predicted octanol–water partition coefficient (Wildman–Crippen LogP) is 1.59. The number of carbonyl (C=O) groups is 1. The molecule has 9 heteroatoms. The molecule has 3 aliphatic heterocycles. The summed E-state index contributed by atoms with van der Waals surface area (Å²) in [5.41, 5.74) is 1.91. The first kappa shape index (κ1) is 21.1. The molecule has 0 aliphatic carbocycles. The first-order valence-electron chi connectivity index (χ1n) is 11.1. The van der Waals surface area contributed by atoms with Gasteiger partial charge < -0.3 is 9.80 Å². The second-order valence-electron chi connectivity index (χ2n) is 8.60. The van der Waals surface area contributed by atoms with Gasteiger partial charge in [-0.3, -0.25) is 14.7 Å². The Labute approximate surface area is 188 Å². The number of amides is 1. The first-order valence-corrected chi connectivity index (χ1v) is 12.5.